The molecule has 1 aromatic carbocycles. The zero-order valence-electron chi connectivity index (χ0n) is 14.1. The maximum atomic E-state index is 12.9. The van der Waals surface area contributed by atoms with Crippen molar-refractivity contribution in [3.63, 3.8) is 0 Å². The van der Waals surface area contributed by atoms with Crippen LogP contribution in [0.2, 0.25) is 0 Å². The van der Waals surface area contributed by atoms with E-state index in [1.54, 1.807) is 30.6 Å². The molecular weight excluding hydrogens is 370 g/mol. The number of ether oxygens (including phenoxy) is 1. The second-order valence-corrected chi connectivity index (χ2v) is 7.68. The van der Waals surface area contributed by atoms with Gasteiger partial charge in [-0.3, -0.25) is 15.0 Å². The van der Waals surface area contributed by atoms with Gasteiger partial charge in [0, 0.05) is 4.88 Å². The molecule has 0 radical (unpaired) electrons. The van der Waals surface area contributed by atoms with Crippen LogP contribution in [-0.2, 0) is 24.1 Å². The van der Waals surface area contributed by atoms with Crippen LogP contribution in [0.15, 0.2) is 29.1 Å². The molecule has 0 aliphatic heterocycles. The SMILES string of the molecule is COc1ccc(CC(=O)Nn2c(=S)[nH]c3sc4c(c3c2=O)CCC4)cc1. The Labute approximate surface area is 158 Å². The van der Waals surface area contributed by atoms with Crippen LogP contribution in [0.3, 0.4) is 0 Å². The Morgan fingerprint density at radius 2 is 2.12 bits per heavy atom. The fraction of sp³-hybridized carbons (Fsp3) is 0.278. The number of thiophene rings is 1. The number of nitrogens with one attached hydrogen (secondary N) is 2. The zero-order chi connectivity index (χ0) is 18.3. The van der Waals surface area contributed by atoms with Gasteiger partial charge in [0.2, 0.25) is 10.7 Å². The van der Waals surface area contributed by atoms with Crippen molar-refractivity contribution in [2.75, 3.05) is 12.5 Å². The largest absolute Gasteiger partial charge is 0.497 e. The fourth-order valence-corrected chi connectivity index (χ4v) is 4.85. The van der Waals surface area contributed by atoms with E-state index in [1.165, 1.54) is 4.88 Å². The molecule has 3 aromatic rings. The van der Waals surface area contributed by atoms with Crippen LogP contribution in [0.25, 0.3) is 10.2 Å². The number of benzene rings is 1. The first-order valence-corrected chi connectivity index (χ1v) is 9.51. The lowest BCUT2D eigenvalue weighted by Crippen LogP contribution is -2.35. The molecule has 2 aromatic heterocycles. The number of fused-ring (bicyclic) bond motifs is 3. The smallest absolute Gasteiger partial charge is 0.282 e. The third-order valence-electron chi connectivity index (χ3n) is 4.52. The summed E-state index contributed by atoms with van der Waals surface area (Å²) in [5, 5.41) is 0.654. The molecule has 0 fully saturated rings. The molecule has 0 spiro atoms. The van der Waals surface area contributed by atoms with Crippen LogP contribution in [0.4, 0.5) is 0 Å². The number of carbonyl (C=O) groups excluding carboxylic acids is 1. The Morgan fingerprint density at radius 1 is 1.35 bits per heavy atom. The number of aryl methyl sites for hydroxylation is 2. The third-order valence-corrected chi connectivity index (χ3v) is 6.01. The van der Waals surface area contributed by atoms with E-state index < -0.39 is 0 Å². The maximum Gasteiger partial charge on any atom is 0.282 e. The molecule has 0 saturated heterocycles. The summed E-state index contributed by atoms with van der Waals surface area (Å²) in [7, 11) is 1.59. The molecule has 8 heteroatoms. The average molecular weight is 387 g/mol. The molecule has 4 rings (SSSR count). The van der Waals surface area contributed by atoms with Gasteiger partial charge < -0.3 is 9.72 Å². The number of H-pyrrole nitrogens is 1. The molecule has 2 N–H and O–H groups in total. The number of hydrogen-bond acceptors (Lipinski definition) is 5. The summed E-state index contributed by atoms with van der Waals surface area (Å²) in [6.45, 7) is 0. The van der Waals surface area contributed by atoms with Gasteiger partial charge in [-0.2, -0.15) is 4.68 Å². The summed E-state index contributed by atoms with van der Waals surface area (Å²) in [6, 6.07) is 7.22. The molecular formula is C18H17N3O3S2. The highest BCUT2D eigenvalue weighted by molar-refractivity contribution is 7.71. The maximum absolute atomic E-state index is 12.9. The average Bonchev–Trinajstić information content (AvgIpc) is 3.20. The number of aromatic nitrogens is 2. The molecule has 0 bridgehead atoms. The van der Waals surface area contributed by atoms with Crippen molar-refractivity contribution < 1.29 is 9.53 Å². The van der Waals surface area contributed by atoms with Gasteiger partial charge in [-0.05, 0) is 54.7 Å². The lowest BCUT2D eigenvalue weighted by atomic mass is 10.1. The number of hydrogen-bond donors (Lipinski definition) is 2. The molecule has 0 saturated carbocycles. The molecule has 1 aliphatic rings. The van der Waals surface area contributed by atoms with Gasteiger partial charge >= 0.3 is 0 Å². The minimum Gasteiger partial charge on any atom is -0.497 e. The lowest BCUT2D eigenvalue weighted by Gasteiger charge is -2.09. The predicted octanol–water partition coefficient (Wildman–Crippen LogP) is 2.93. The molecule has 1 amide bonds. The first-order valence-electron chi connectivity index (χ1n) is 8.29. The molecule has 1 aliphatic carbocycles. The van der Waals surface area contributed by atoms with Gasteiger partial charge in [0.05, 0.1) is 18.9 Å². The number of nitrogens with zero attached hydrogens (tertiary/aromatic N) is 1. The standard InChI is InChI=1S/C18H17N3O3S2/c1-24-11-7-5-10(6-8-11)9-14(22)20-21-17(23)15-12-3-2-4-13(12)26-16(15)19-18(21)25/h5-8H,2-4,9H2,1H3,(H,19,25)(H,20,22). The van der Waals surface area contributed by atoms with Gasteiger partial charge in [-0.1, -0.05) is 12.1 Å². The number of amides is 1. The summed E-state index contributed by atoms with van der Waals surface area (Å²) >= 11 is 6.86. The number of aromatic amines is 1. The van der Waals surface area contributed by atoms with Gasteiger partial charge in [0.25, 0.3) is 5.56 Å². The summed E-state index contributed by atoms with van der Waals surface area (Å²) in [6.07, 6.45) is 3.11. The number of carbonyl (C=O) groups is 1. The van der Waals surface area contributed by atoms with Crippen LogP contribution in [0, 0.1) is 4.77 Å². The van der Waals surface area contributed by atoms with E-state index in [1.807, 2.05) is 12.1 Å². The molecule has 2 heterocycles. The van der Waals surface area contributed by atoms with Crippen LogP contribution >= 0.6 is 23.6 Å². The minimum atomic E-state index is -0.303. The van der Waals surface area contributed by atoms with E-state index in [2.05, 4.69) is 10.4 Å². The third kappa shape index (κ3) is 2.95. The van der Waals surface area contributed by atoms with Crippen molar-refractivity contribution >= 4 is 39.7 Å². The second kappa shape index (κ2) is 6.69. The highest BCUT2D eigenvalue weighted by Crippen LogP contribution is 2.34. The van der Waals surface area contributed by atoms with E-state index in [9.17, 15) is 9.59 Å². The Kier molecular flexibility index (Phi) is 4.37. The minimum absolute atomic E-state index is 0.144. The van der Waals surface area contributed by atoms with Crippen LogP contribution in [0.1, 0.15) is 22.4 Å². The highest BCUT2D eigenvalue weighted by atomic mass is 32.1. The predicted molar refractivity (Wildman–Crippen MR) is 104 cm³/mol. The Morgan fingerprint density at radius 3 is 2.85 bits per heavy atom. The Hall–Kier alpha value is -2.45. The first-order chi connectivity index (χ1) is 12.6. The second-order valence-electron chi connectivity index (χ2n) is 6.19. The van der Waals surface area contributed by atoms with E-state index in [0.29, 0.717) is 5.39 Å². The van der Waals surface area contributed by atoms with E-state index in [4.69, 9.17) is 17.0 Å². The van der Waals surface area contributed by atoms with E-state index in [0.717, 1.165) is 45.6 Å². The monoisotopic (exact) mass is 387 g/mol. The van der Waals surface area contributed by atoms with Crippen molar-refractivity contribution in [1.29, 1.82) is 0 Å². The lowest BCUT2D eigenvalue weighted by molar-refractivity contribution is -0.116. The molecule has 6 nitrogen and oxygen atoms in total. The van der Waals surface area contributed by atoms with Crippen molar-refractivity contribution in [1.82, 2.24) is 9.66 Å². The van der Waals surface area contributed by atoms with Gasteiger partial charge in [-0.15, -0.1) is 11.3 Å². The Bertz CT molecular complexity index is 1110. The quantitative estimate of drug-likeness (QED) is 0.675. The van der Waals surface area contributed by atoms with Crippen molar-refractivity contribution in [3.05, 3.63) is 55.4 Å². The van der Waals surface area contributed by atoms with Gasteiger partial charge in [-0.25, -0.2) is 0 Å². The van der Waals surface area contributed by atoms with Crippen molar-refractivity contribution in [2.45, 2.75) is 25.7 Å². The normalized spacial score (nSPS) is 13.0. The summed E-state index contributed by atoms with van der Waals surface area (Å²) in [4.78, 5) is 30.4. The molecule has 26 heavy (non-hydrogen) atoms. The summed E-state index contributed by atoms with van der Waals surface area (Å²) < 4.78 is 6.46. The Balaban J connectivity index is 1.63. The van der Waals surface area contributed by atoms with Gasteiger partial charge in [0.15, 0.2) is 0 Å². The van der Waals surface area contributed by atoms with E-state index in [-0.39, 0.29) is 22.7 Å². The number of methoxy groups -OCH3 is 1. The summed E-state index contributed by atoms with van der Waals surface area (Å²) in [5.74, 6) is 0.424. The fourth-order valence-electron chi connectivity index (χ4n) is 3.27. The van der Waals surface area contributed by atoms with Crippen LogP contribution in [0.5, 0.6) is 5.75 Å². The number of rotatable bonds is 4. The zero-order valence-corrected chi connectivity index (χ0v) is 15.8. The van der Waals surface area contributed by atoms with Crippen LogP contribution in [-0.4, -0.2) is 22.7 Å². The summed E-state index contributed by atoms with van der Waals surface area (Å²) in [5.41, 5.74) is 4.29. The van der Waals surface area contributed by atoms with Crippen molar-refractivity contribution in [3.8, 4) is 5.75 Å². The van der Waals surface area contributed by atoms with Crippen molar-refractivity contribution in [2.24, 2.45) is 0 Å². The molecule has 134 valence electrons. The molecule has 0 atom stereocenters. The molecule has 0 unspecified atom stereocenters. The van der Waals surface area contributed by atoms with Gasteiger partial charge in [0.1, 0.15) is 10.6 Å². The topological polar surface area (TPSA) is 76.1 Å². The van der Waals surface area contributed by atoms with E-state index >= 15 is 0 Å². The first kappa shape index (κ1) is 17.0. The van der Waals surface area contributed by atoms with Crippen LogP contribution < -0.4 is 15.7 Å². The highest BCUT2D eigenvalue weighted by Gasteiger charge is 2.22.